The molecular formula is C22H23F4N3O. The Labute approximate surface area is 172 Å². The van der Waals surface area contributed by atoms with Gasteiger partial charge in [-0.25, -0.2) is 9.37 Å². The summed E-state index contributed by atoms with van der Waals surface area (Å²) in [5.41, 5.74) is -0.371. The van der Waals surface area contributed by atoms with E-state index in [1.807, 2.05) is 0 Å². The first kappa shape index (κ1) is 20.6. The summed E-state index contributed by atoms with van der Waals surface area (Å²) in [5.74, 6) is -0.628. The van der Waals surface area contributed by atoms with Crippen LogP contribution in [0.15, 0.2) is 30.5 Å². The number of carbonyl (C=O) groups is 1. The lowest BCUT2D eigenvalue weighted by atomic mass is 10.0. The van der Waals surface area contributed by atoms with E-state index in [1.165, 1.54) is 25.1 Å². The second-order valence-electron chi connectivity index (χ2n) is 8.08. The summed E-state index contributed by atoms with van der Waals surface area (Å²) in [6.07, 6.45) is 3.15. The molecule has 30 heavy (non-hydrogen) atoms. The number of benzene rings is 1. The van der Waals surface area contributed by atoms with Crippen molar-refractivity contribution in [3.05, 3.63) is 53.0 Å². The molecule has 1 heterocycles. The molecule has 160 valence electrons. The smallest absolute Gasteiger partial charge is 0.352 e. The lowest BCUT2D eigenvalue weighted by molar-refractivity contribution is -0.139. The monoisotopic (exact) mass is 421 g/mol. The van der Waals surface area contributed by atoms with Crippen molar-refractivity contribution in [2.24, 2.45) is 5.92 Å². The molecular weight excluding hydrogens is 398 g/mol. The number of nitrogens with zero attached hydrogens (tertiary/aromatic N) is 1. The third-order valence-corrected chi connectivity index (χ3v) is 5.79. The summed E-state index contributed by atoms with van der Waals surface area (Å²) in [4.78, 5) is 16.8. The molecule has 4 rings (SSSR count). The van der Waals surface area contributed by atoms with Crippen LogP contribution in [0.3, 0.4) is 0 Å². The number of halogens is 4. The van der Waals surface area contributed by atoms with Gasteiger partial charge in [0.15, 0.2) is 5.82 Å². The lowest BCUT2D eigenvalue weighted by Gasteiger charge is -2.15. The minimum absolute atomic E-state index is 0.187. The standard InChI is InChI=1S/C22H23F4N3O/c23-20-17(22(24,25)26)6-3-7-18(20)29-19-10-15(14-8-9-14)16(12-27-19)21(30)28-11-13-4-1-2-5-13/h3,6-7,10,12-14H,1-2,4-5,8-9,11H2,(H,27,29)(H,28,30). The van der Waals surface area contributed by atoms with E-state index in [1.54, 1.807) is 6.07 Å². The number of nitrogens with one attached hydrogen (secondary N) is 2. The van der Waals surface area contributed by atoms with Crippen molar-refractivity contribution in [3.8, 4) is 0 Å². The van der Waals surface area contributed by atoms with E-state index in [4.69, 9.17) is 0 Å². The molecule has 0 bridgehead atoms. The highest BCUT2D eigenvalue weighted by molar-refractivity contribution is 5.96. The molecule has 2 aliphatic rings. The molecule has 0 radical (unpaired) electrons. The van der Waals surface area contributed by atoms with Crippen LogP contribution in [0.2, 0.25) is 0 Å². The van der Waals surface area contributed by atoms with Crippen LogP contribution in [0.5, 0.6) is 0 Å². The number of aromatic nitrogens is 1. The third kappa shape index (κ3) is 4.57. The van der Waals surface area contributed by atoms with Gasteiger partial charge >= 0.3 is 6.18 Å². The molecule has 2 aliphatic carbocycles. The largest absolute Gasteiger partial charge is 0.419 e. The highest BCUT2D eigenvalue weighted by atomic mass is 19.4. The number of alkyl halides is 3. The van der Waals surface area contributed by atoms with Crippen LogP contribution in [0.4, 0.5) is 29.1 Å². The molecule has 0 aliphatic heterocycles. The minimum Gasteiger partial charge on any atom is -0.352 e. The molecule has 1 amide bonds. The summed E-state index contributed by atoms with van der Waals surface area (Å²) in [6, 6.07) is 4.70. The Hall–Kier alpha value is -2.64. The summed E-state index contributed by atoms with van der Waals surface area (Å²) in [5, 5.41) is 5.61. The molecule has 0 unspecified atom stereocenters. The van der Waals surface area contributed by atoms with E-state index in [0.717, 1.165) is 37.3 Å². The average molecular weight is 421 g/mol. The van der Waals surface area contributed by atoms with Gasteiger partial charge in [0.1, 0.15) is 5.82 Å². The quantitative estimate of drug-likeness (QED) is 0.582. The second-order valence-corrected chi connectivity index (χ2v) is 8.08. The fourth-order valence-corrected chi connectivity index (χ4v) is 3.99. The van der Waals surface area contributed by atoms with Gasteiger partial charge in [0.05, 0.1) is 16.8 Å². The molecule has 2 aromatic rings. The minimum atomic E-state index is -4.78. The Kier molecular flexibility index (Phi) is 5.66. The van der Waals surface area contributed by atoms with Crippen LogP contribution in [0.1, 0.15) is 65.9 Å². The van der Waals surface area contributed by atoms with E-state index in [2.05, 4.69) is 15.6 Å². The summed E-state index contributed by atoms with van der Waals surface area (Å²) >= 11 is 0. The molecule has 2 saturated carbocycles. The van der Waals surface area contributed by atoms with Gasteiger partial charge in [-0.1, -0.05) is 18.9 Å². The number of carbonyl (C=O) groups excluding carboxylic acids is 1. The predicted octanol–water partition coefficient (Wildman–Crippen LogP) is 5.78. The van der Waals surface area contributed by atoms with Gasteiger partial charge < -0.3 is 10.6 Å². The number of hydrogen-bond acceptors (Lipinski definition) is 3. The van der Waals surface area contributed by atoms with Crippen molar-refractivity contribution >= 4 is 17.4 Å². The summed E-state index contributed by atoms with van der Waals surface area (Å²) < 4.78 is 53.1. The van der Waals surface area contributed by atoms with Crippen molar-refractivity contribution in [3.63, 3.8) is 0 Å². The zero-order chi connectivity index (χ0) is 21.3. The van der Waals surface area contributed by atoms with Crippen LogP contribution in [0.25, 0.3) is 0 Å². The van der Waals surface area contributed by atoms with E-state index < -0.39 is 17.6 Å². The Bertz CT molecular complexity index is 934. The van der Waals surface area contributed by atoms with Gasteiger partial charge in [0, 0.05) is 12.7 Å². The molecule has 4 nitrogen and oxygen atoms in total. The van der Waals surface area contributed by atoms with Crippen LogP contribution in [-0.4, -0.2) is 17.4 Å². The molecule has 8 heteroatoms. The fourth-order valence-electron chi connectivity index (χ4n) is 3.99. The molecule has 0 saturated heterocycles. The molecule has 2 fully saturated rings. The molecule has 1 aromatic carbocycles. The van der Waals surface area contributed by atoms with E-state index in [9.17, 15) is 22.4 Å². The highest BCUT2D eigenvalue weighted by Gasteiger charge is 2.35. The first-order chi connectivity index (χ1) is 14.3. The Morgan fingerprint density at radius 1 is 1.13 bits per heavy atom. The zero-order valence-corrected chi connectivity index (χ0v) is 16.4. The summed E-state index contributed by atoms with van der Waals surface area (Å²) in [6.45, 7) is 0.637. The maximum Gasteiger partial charge on any atom is 0.419 e. The first-order valence-electron chi connectivity index (χ1n) is 10.2. The number of pyridine rings is 1. The van der Waals surface area contributed by atoms with Crippen LogP contribution in [-0.2, 0) is 6.18 Å². The normalized spacial score (nSPS) is 17.2. The first-order valence-corrected chi connectivity index (χ1v) is 10.2. The van der Waals surface area contributed by atoms with Crippen LogP contribution < -0.4 is 10.6 Å². The van der Waals surface area contributed by atoms with Crippen LogP contribution >= 0.6 is 0 Å². The fraction of sp³-hybridized carbons (Fsp3) is 0.455. The van der Waals surface area contributed by atoms with Gasteiger partial charge in [0.25, 0.3) is 5.91 Å². The van der Waals surface area contributed by atoms with E-state index in [-0.39, 0.29) is 23.3 Å². The van der Waals surface area contributed by atoms with Crippen molar-refractivity contribution in [1.82, 2.24) is 10.3 Å². The topological polar surface area (TPSA) is 54.0 Å². The van der Waals surface area contributed by atoms with Crippen molar-refractivity contribution < 1.29 is 22.4 Å². The Balaban J connectivity index is 1.53. The molecule has 2 N–H and O–H groups in total. The van der Waals surface area contributed by atoms with Crippen molar-refractivity contribution in [1.29, 1.82) is 0 Å². The lowest BCUT2D eigenvalue weighted by Crippen LogP contribution is -2.29. The molecule has 0 atom stereocenters. The van der Waals surface area contributed by atoms with Crippen molar-refractivity contribution in [2.45, 2.75) is 50.6 Å². The Morgan fingerprint density at radius 2 is 1.87 bits per heavy atom. The zero-order valence-electron chi connectivity index (χ0n) is 16.4. The van der Waals surface area contributed by atoms with Gasteiger partial charge in [-0.05, 0) is 61.3 Å². The van der Waals surface area contributed by atoms with Gasteiger partial charge in [-0.15, -0.1) is 0 Å². The van der Waals surface area contributed by atoms with Gasteiger partial charge in [-0.3, -0.25) is 4.79 Å². The molecule has 0 spiro atoms. The van der Waals surface area contributed by atoms with Gasteiger partial charge in [-0.2, -0.15) is 13.2 Å². The number of rotatable bonds is 6. The predicted molar refractivity (Wildman–Crippen MR) is 105 cm³/mol. The number of hydrogen-bond donors (Lipinski definition) is 2. The van der Waals surface area contributed by atoms with E-state index in [0.29, 0.717) is 24.1 Å². The van der Waals surface area contributed by atoms with Gasteiger partial charge in [0.2, 0.25) is 0 Å². The van der Waals surface area contributed by atoms with Crippen LogP contribution in [0, 0.1) is 11.7 Å². The molecule has 1 aromatic heterocycles. The summed E-state index contributed by atoms with van der Waals surface area (Å²) in [7, 11) is 0. The highest BCUT2D eigenvalue weighted by Crippen LogP contribution is 2.42. The average Bonchev–Trinajstić information content (AvgIpc) is 3.42. The number of anilines is 2. The SMILES string of the molecule is O=C(NCC1CCCC1)c1cnc(Nc2cccc(C(F)(F)F)c2F)cc1C1CC1. The third-order valence-electron chi connectivity index (χ3n) is 5.79. The second kappa shape index (κ2) is 8.24. The maximum absolute atomic E-state index is 14.3. The Morgan fingerprint density at radius 3 is 2.53 bits per heavy atom. The van der Waals surface area contributed by atoms with Crippen molar-refractivity contribution in [2.75, 3.05) is 11.9 Å². The maximum atomic E-state index is 14.3. The van der Waals surface area contributed by atoms with E-state index >= 15 is 0 Å². The number of amides is 1.